The normalized spacial score (nSPS) is 9.33. The summed E-state index contributed by atoms with van der Waals surface area (Å²) in [5, 5.41) is 9.89. The highest BCUT2D eigenvalue weighted by molar-refractivity contribution is 7.13. The van der Waals surface area contributed by atoms with E-state index in [4.69, 9.17) is 5.73 Å². The Kier molecular flexibility index (Phi) is 1.31. The van der Waals surface area contributed by atoms with Gasteiger partial charge in [0.25, 0.3) is 0 Å². The highest BCUT2D eigenvalue weighted by Crippen LogP contribution is 2.23. The van der Waals surface area contributed by atoms with E-state index in [1.807, 2.05) is 0 Å². The molecule has 48 valence electrons. The summed E-state index contributed by atoms with van der Waals surface area (Å²) in [6.07, 6.45) is 0. The summed E-state index contributed by atoms with van der Waals surface area (Å²) in [7, 11) is 0. The molecular weight excluding hydrogens is 142 g/mol. The number of aromatic nitrogens is 1. The second-order valence-corrected chi connectivity index (χ2v) is 2.13. The zero-order valence-electron chi connectivity index (χ0n) is 4.27. The van der Waals surface area contributed by atoms with E-state index in [9.17, 15) is 10.1 Å². The molecule has 0 atom stereocenters. The largest absolute Gasteiger partial charge is 0.377 e. The number of nitrogens with zero attached hydrogens (tertiary/aromatic N) is 2. The van der Waals surface area contributed by atoms with E-state index in [2.05, 4.69) is 4.98 Å². The average Bonchev–Trinajstić information content (AvgIpc) is 2.13. The van der Waals surface area contributed by atoms with Crippen LogP contribution in [0.15, 0.2) is 5.51 Å². The van der Waals surface area contributed by atoms with Crippen LogP contribution < -0.4 is 5.73 Å². The molecule has 1 aromatic rings. The Bertz CT molecular complexity index is 233. The first-order valence-electron chi connectivity index (χ1n) is 2.05. The minimum Gasteiger partial charge on any atom is -0.377 e. The van der Waals surface area contributed by atoms with Gasteiger partial charge in [0.2, 0.25) is 5.82 Å². The SMILES string of the molecule is Nc1ncsc1[N+](=O)[O-]. The van der Waals surface area contributed by atoms with Crippen LogP contribution in [0.2, 0.25) is 0 Å². The van der Waals surface area contributed by atoms with Crippen molar-refractivity contribution in [3.63, 3.8) is 0 Å². The van der Waals surface area contributed by atoms with Gasteiger partial charge in [-0.05, 0) is 11.3 Å². The van der Waals surface area contributed by atoms with Crippen LogP contribution in [0.1, 0.15) is 0 Å². The molecule has 0 saturated heterocycles. The first kappa shape index (κ1) is 5.96. The van der Waals surface area contributed by atoms with Gasteiger partial charge in [0, 0.05) is 0 Å². The van der Waals surface area contributed by atoms with Crippen molar-refractivity contribution in [3.8, 4) is 0 Å². The molecule has 1 heterocycles. The topological polar surface area (TPSA) is 82.0 Å². The molecule has 0 aromatic carbocycles. The van der Waals surface area contributed by atoms with Crippen molar-refractivity contribution >= 4 is 22.2 Å². The summed E-state index contributed by atoms with van der Waals surface area (Å²) in [6.45, 7) is 0. The van der Waals surface area contributed by atoms with Crippen molar-refractivity contribution in [2.45, 2.75) is 0 Å². The molecule has 1 aromatic heterocycles. The first-order valence-corrected chi connectivity index (χ1v) is 2.93. The summed E-state index contributed by atoms with van der Waals surface area (Å²) < 4.78 is 0. The van der Waals surface area contributed by atoms with Crippen molar-refractivity contribution in [2.24, 2.45) is 0 Å². The highest BCUT2D eigenvalue weighted by atomic mass is 32.1. The van der Waals surface area contributed by atoms with Crippen molar-refractivity contribution < 1.29 is 4.92 Å². The third-order valence-corrected chi connectivity index (χ3v) is 1.53. The van der Waals surface area contributed by atoms with Crippen LogP contribution in [0.5, 0.6) is 0 Å². The van der Waals surface area contributed by atoms with Gasteiger partial charge in [-0.1, -0.05) is 0 Å². The molecule has 0 saturated carbocycles. The number of nitrogen functional groups attached to an aromatic ring is 1. The summed E-state index contributed by atoms with van der Waals surface area (Å²) in [4.78, 5) is 12.9. The Balaban J connectivity index is 3.08. The molecule has 1 rings (SSSR count). The van der Waals surface area contributed by atoms with E-state index in [0.717, 1.165) is 11.3 Å². The number of hydrogen-bond acceptors (Lipinski definition) is 5. The van der Waals surface area contributed by atoms with Crippen LogP contribution in [0.3, 0.4) is 0 Å². The van der Waals surface area contributed by atoms with Crippen LogP contribution in [0.25, 0.3) is 0 Å². The fourth-order valence-corrected chi connectivity index (χ4v) is 0.911. The molecular formula is C3H3N3O2S. The molecule has 2 N–H and O–H groups in total. The van der Waals surface area contributed by atoms with Crippen molar-refractivity contribution in [1.29, 1.82) is 0 Å². The van der Waals surface area contributed by atoms with Gasteiger partial charge < -0.3 is 5.73 Å². The zero-order chi connectivity index (χ0) is 6.85. The number of hydrogen-bond donors (Lipinski definition) is 1. The second-order valence-electron chi connectivity index (χ2n) is 1.30. The number of thiazole rings is 1. The Morgan fingerprint density at radius 3 is 2.78 bits per heavy atom. The van der Waals surface area contributed by atoms with Crippen molar-refractivity contribution in [3.05, 3.63) is 15.6 Å². The molecule has 0 fully saturated rings. The maximum absolute atomic E-state index is 9.98. The van der Waals surface area contributed by atoms with E-state index in [1.165, 1.54) is 5.51 Å². The number of nitrogens with two attached hydrogens (primary N) is 1. The predicted molar refractivity (Wildman–Crippen MR) is 33.2 cm³/mol. The van der Waals surface area contributed by atoms with Crippen LogP contribution in [0, 0.1) is 10.1 Å². The highest BCUT2D eigenvalue weighted by Gasteiger charge is 2.12. The monoisotopic (exact) mass is 145 g/mol. The van der Waals surface area contributed by atoms with Crippen LogP contribution in [0.4, 0.5) is 10.8 Å². The fourth-order valence-electron chi connectivity index (χ4n) is 0.385. The second kappa shape index (κ2) is 1.98. The van der Waals surface area contributed by atoms with Crippen LogP contribution in [-0.4, -0.2) is 9.91 Å². The van der Waals surface area contributed by atoms with Gasteiger partial charge in [0.05, 0.1) is 10.4 Å². The standard InChI is InChI=1S/C3H3N3O2S/c4-2-3(6(7)8)9-1-5-2/h1H,4H2. The minimum absolute atomic E-state index is 0.00926. The molecule has 0 amide bonds. The lowest BCUT2D eigenvalue weighted by molar-refractivity contribution is -0.379. The molecule has 0 aliphatic carbocycles. The van der Waals surface area contributed by atoms with Crippen molar-refractivity contribution in [2.75, 3.05) is 5.73 Å². The molecule has 0 bridgehead atoms. The lowest BCUT2D eigenvalue weighted by Gasteiger charge is -1.81. The summed E-state index contributed by atoms with van der Waals surface area (Å²) in [5.41, 5.74) is 6.44. The van der Waals surface area contributed by atoms with Gasteiger partial charge >= 0.3 is 5.00 Å². The van der Waals surface area contributed by atoms with Gasteiger partial charge in [0.15, 0.2) is 0 Å². The molecule has 0 aliphatic heterocycles. The van der Waals surface area contributed by atoms with Crippen LogP contribution >= 0.6 is 11.3 Å². The lowest BCUT2D eigenvalue weighted by Crippen LogP contribution is -1.91. The smallest absolute Gasteiger partial charge is 0.367 e. The third kappa shape index (κ3) is 0.968. The summed E-state index contributed by atoms with van der Waals surface area (Å²) >= 11 is 0.922. The Hall–Kier alpha value is -1.17. The molecule has 9 heavy (non-hydrogen) atoms. The Morgan fingerprint density at radius 1 is 1.89 bits per heavy atom. The fraction of sp³-hybridized carbons (Fsp3) is 0. The quantitative estimate of drug-likeness (QED) is 0.464. The van der Waals surface area contributed by atoms with Gasteiger partial charge in [0.1, 0.15) is 0 Å². The van der Waals surface area contributed by atoms with E-state index < -0.39 is 4.92 Å². The van der Waals surface area contributed by atoms with Gasteiger partial charge in [-0.2, -0.15) is 0 Å². The van der Waals surface area contributed by atoms with E-state index in [-0.39, 0.29) is 10.8 Å². The Labute approximate surface area is 54.3 Å². The van der Waals surface area contributed by atoms with Gasteiger partial charge in [-0.25, -0.2) is 4.98 Å². The molecule has 0 aliphatic rings. The molecule has 5 nitrogen and oxygen atoms in total. The van der Waals surface area contributed by atoms with Crippen molar-refractivity contribution in [1.82, 2.24) is 4.98 Å². The average molecular weight is 145 g/mol. The molecule has 6 heteroatoms. The first-order chi connectivity index (χ1) is 4.22. The minimum atomic E-state index is -0.549. The van der Waals surface area contributed by atoms with Crippen LogP contribution in [-0.2, 0) is 0 Å². The summed E-state index contributed by atoms with van der Waals surface area (Å²) in [6, 6.07) is 0. The maximum atomic E-state index is 9.98. The zero-order valence-corrected chi connectivity index (χ0v) is 5.09. The number of rotatable bonds is 1. The third-order valence-electron chi connectivity index (χ3n) is 0.741. The maximum Gasteiger partial charge on any atom is 0.367 e. The molecule has 0 radical (unpaired) electrons. The molecule has 0 unspecified atom stereocenters. The number of anilines is 1. The van der Waals surface area contributed by atoms with Gasteiger partial charge in [-0.3, -0.25) is 10.1 Å². The Morgan fingerprint density at radius 2 is 2.56 bits per heavy atom. The van der Waals surface area contributed by atoms with E-state index >= 15 is 0 Å². The van der Waals surface area contributed by atoms with E-state index in [0.29, 0.717) is 0 Å². The number of nitro groups is 1. The summed E-state index contributed by atoms with van der Waals surface area (Å²) in [5.74, 6) is -0.00926. The predicted octanol–water partition coefficient (Wildman–Crippen LogP) is 0.633. The van der Waals surface area contributed by atoms with E-state index in [1.54, 1.807) is 0 Å². The molecule has 0 spiro atoms. The lowest BCUT2D eigenvalue weighted by atomic mass is 10.7. The van der Waals surface area contributed by atoms with Gasteiger partial charge in [-0.15, -0.1) is 0 Å².